The fraction of sp³-hybridized carbons (Fsp3) is 0.133. The third-order valence-corrected chi connectivity index (χ3v) is 3.37. The highest BCUT2D eigenvalue weighted by atomic mass is 79.9. The minimum absolute atomic E-state index is 0.342. The van der Waals surface area contributed by atoms with Gasteiger partial charge in [0.15, 0.2) is 0 Å². The summed E-state index contributed by atoms with van der Waals surface area (Å²) in [5.74, 6) is -0.313. The van der Waals surface area contributed by atoms with Gasteiger partial charge in [-0.1, -0.05) is 0 Å². The number of nitrogen functional groups attached to an aromatic ring is 1. The molecule has 0 bridgehead atoms. The highest BCUT2D eigenvalue weighted by molar-refractivity contribution is 9.10. The summed E-state index contributed by atoms with van der Waals surface area (Å²) < 4.78 is 19.1. The maximum absolute atomic E-state index is 13.2. The SMILES string of the molecule is CCOc1cc(N)cc(C(=O)Nc2cc(F)ccc2Br)c1. The van der Waals surface area contributed by atoms with Crippen molar-refractivity contribution in [2.24, 2.45) is 0 Å². The van der Waals surface area contributed by atoms with Gasteiger partial charge in [0.2, 0.25) is 0 Å². The first-order chi connectivity index (χ1) is 9.99. The maximum atomic E-state index is 13.2. The lowest BCUT2D eigenvalue weighted by Gasteiger charge is -2.10. The van der Waals surface area contributed by atoms with E-state index in [1.807, 2.05) is 6.92 Å². The number of carbonyl (C=O) groups is 1. The van der Waals surface area contributed by atoms with Crippen LogP contribution in [-0.2, 0) is 0 Å². The number of halogens is 2. The van der Waals surface area contributed by atoms with E-state index in [-0.39, 0.29) is 0 Å². The van der Waals surface area contributed by atoms with E-state index in [4.69, 9.17) is 10.5 Å². The topological polar surface area (TPSA) is 64.3 Å². The molecule has 0 saturated heterocycles. The van der Waals surface area contributed by atoms with E-state index in [0.717, 1.165) is 0 Å². The molecule has 1 amide bonds. The summed E-state index contributed by atoms with van der Waals surface area (Å²) in [4.78, 5) is 12.2. The highest BCUT2D eigenvalue weighted by Crippen LogP contribution is 2.25. The molecule has 0 aliphatic carbocycles. The van der Waals surface area contributed by atoms with Crippen LogP contribution in [0.4, 0.5) is 15.8 Å². The molecule has 0 aromatic heterocycles. The Kier molecular flexibility index (Phi) is 4.80. The third-order valence-electron chi connectivity index (χ3n) is 2.68. The Bertz CT molecular complexity index is 677. The Balaban J connectivity index is 2.25. The van der Waals surface area contributed by atoms with Gasteiger partial charge in [-0.3, -0.25) is 4.79 Å². The number of benzene rings is 2. The van der Waals surface area contributed by atoms with E-state index in [1.54, 1.807) is 12.1 Å². The fourth-order valence-electron chi connectivity index (χ4n) is 1.79. The molecule has 0 saturated carbocycles. The zero-order chi connectivity index (χ0) is 15.4. The van der Waals surface area contributed by atoms with Gasteiger partial charge >= 0.3 is 0 Å². The summed E-state index contributed by atoms with van der Waals surface area (Å²) in [6, 6.07) is 8.81. The Morgan fingerprint density at radius 1 is 1.33 bits per heavy atom. The van der Waals surface area contributed by atoms with Gasteiger partial charge in [-0.15, -0.1) is 0 Å². The number of amides is 1. The molecule has 4 nitrogen and oxygen atoms in total. The second kappa shape index (κ2) is 6.58. The molecule has 3 N–H and O–H groups in total. The standard InChI is InChI=1S/C15H14BrFN2O2/c1-2-21-12-6-9(5-11(18)8-12)15(20)19-14-7-10(17)3-4-13(14)16/h3-8H,2,18H2,1H3,(H,19,20). The van der Waals surface area contributed by atoms with Crippen molar-refractivity contribution in [3.63, 3.8) is 0 Å². The van der Waals surface area contributed by atoms with Crippen LogP contribution in [0.15, 0.2) is 40.9 Å². The van der Waals surface area contributed by atoms with Crippen molar-refractivity contribution in [2.45, 2.75) is 6.92 Å². The second-order valence-electron chi connectivity index (χ2n) is 4.30. The monoisotopic (exact) mass is 352 g/mol. The van der Waals surface area contributed by atoms with Crippen molar-refractivity contribution in [2.75, 3.05) is 17.7 Å². The molecule has 0 fully saturated rings. The number of nitrogens with two attached hydrogens (primary N) is 1. The highest BCUT2D eigenvalue weighted by Gasteiger charge is 2.11. The van der Waals surface area contributed by atoms with Crippen molar-refractivity contribution in [1.29, 1.82) is 0 Å². The molecule has 0 radical (unpaired) electrons. The van der Waals surface area contributed by atoms with Crippen LogP contribution < -0.4 is 15.8 Å². The second-order valence-corrected chi connectivity index (χ2v) is 5.16. The number of ether oxygens (including phenoxy) is 1. The van der Waals surface area contributed by atoms with Crippen LogP contribution in [0, 0.1) is 5.82 Å². The number of carbonyl (C=O) groups excluding carboxylic acids is 1. The molecule has 0 atom stereocenters. The summed E-state index contributed by atoms with van der Waals surface area (Å²) in [5, 5.41) is 2.63. The summed E-state index contributed by atoms with van der Waals surface area (Å²) in [5.41, 5.74) is 6.86. The number of rotatable bonds is 4. The van der Waals surface area contributed by atoms with Crippen molar-refractivity contribution in [3.05, 3.63) is 52.3 Å². The molecular formula is C15H14BrFN2O2. The molecule has 21 heavy (non-hydrogen) atoms. The predicted octanol–water partition coefficient (Wildman–Crippen LogP) is 3.82. The van der Waals surface area contributed by atoms with Gasteiger partial charge in [0, 0.05) is 21.8 Å². The van der Waals surface area contributed by atoms with Crippen LogP contribution in [0.3, 0.4) is 0 Å². The molecular weight excluding hydrogens is 339 g/mol. The fourth-order valence-corrected chi connectivity index (χ4v) is 2.14. The zero-order valence-corrected chi connectivity index (χ0v) is 12.9. The summed E-state index contributed by atoms with van der Waals surface area (Å²) >= 11 is 3.25. The largest absolute Gasteiger partial charge is 0.494 e. The molecule has 0 aliphatic rings. The van der Waals surface area contributed by atoms with Crippen LogP contribution in [0.2, 0.25) is 0 Å². The normalized spacial score (nSPS) is 10.2. The van der Waals surface area contributed by atoms with Gasteiger partial charge in [-0.05, 0) is 53.2 Å². The zero-order valence-electron chi connectivity index (χ0n) is 11.3. The van der Waals surface area contributed by atoms with Crippen LogP contribution >= 0.6 is 15.9 Å². The van der Waals surface area contributed by atoms with Crippen molar-refractivity contribution in [1.82, 2.24) is 0 Å². The van der Waals surface area contributed by atoms with Crippen LogP contribution in [-0.4, -0.2) is 12.5 Å². The van der Waals surface area contributed by atoms with E-state index in [2.05, 4.69) is 21.2 Å². The van der Waals surface area contributed by atoms with E-state index in [0.29, 0.717) is 33.8 Å². The Morgan fingerprint density at radius 3 is 2.81 bits per heavy atom. The smallest absolute Gasteiger partial charge is 0.255 e. The van der Waals surface area contributed by atoms with Crippen molar-refractivity contribution >= 4 is 33.2 Å². The molecule has 0 spiro atoms. The van der Waals surface area contributed by atoms with Crippen LogP contribution in [0.5, 0.6) is 5.75 Å². The lowest BCUT2D eigenvalue weighted by molar-refractivity contribution is 0.102. The van der Waals surface area contributed by atoms with Crippen LogP contribution in [0.1, 0.15) is 17.3 Å². The maximum Gasteiger partial charge on any atom is 0.255 e. The minimum atomic E-state index is -0.434. The van der Waals surface area contributed by atoms with Gasteiger partial charge in [0.25, 0.3) is 5.91 Å². The molecule has 2 aromatic carbocycles. The first kappa shape index (κ1) is 15.3. The van der Waals surface area contributed by atoms with Crippen LogP contribution in [0.25, 0.3) is 0 Å². The summed E-state index contributed by atoms with van der Waals surface area (Å²) in [6.07, 6.45) is 0. The van der Waals surface area contributed by atoms with Gasteiger partial charge in [-0.25, -0.2) is 4.39 Å². The number of hydrogen-bond acceptors (Lipinski definition) is 3. The van der Waals surface area contributed by atoms with Gasteiger partial charge < -0.3 is 15.8 Å². The first-order valence-corrected chi connectivity index (χ1v) is 7.08. The summed E-state index contributed by atoms with van der Waals surface area (Å²) in [7, 11) is 0. The third kappa shape index (κ3) is 3.95. The first-order valence-electron chi connectivity index (χ1n) is 6.29. The molecule has 0 unspecified atom stereocenters. The number of hydrogen-bond donors (Lipinski definition) is 2. The van der Waals surface area contributed by atoms with Gasteiger partial charge in [-0.2, -0.15) is 0 Å². The Hall–Kier alpha value is -2.08. The average molecular weight is 353 g/mol. The van der Waals surface area contributed by atoms with Gasteiger partial charge in [0.05, 0.1) is 12.3 Å². The number of anilines is 2. The summed E-state index contributed by atoms with van der Waals surface area (Å²) in [6.45, 7) is 2.31. The average Bonchev–Trinajstić information content (AvgIpc) is 2.42. The molecule has 6 heteroatoms. The molecule has 0 aliphatic heterocycles. The quantitative estimate of drug-likeness (QED) is 0.822. The van der Waals surface area contributed by atoms with Crippen molar-refractivity contribution in [3.8, 4) is 5.75 Å². The van der Waals surface area contributed by atoms with Crippen molar-refractivity contribution < 1.29 is 13.9 Å². The Labute approximate surface area is 130 Å². The predicted molar refractivity (Wildman–Crippen MR) is 84.1 cm³/mol. The van der Waals surface area contributed by atoms with E-state index in [1.165, 1.54) is 24.3 Å². The Morgan fingerprint density at radius 2 is 2.10 bits per heavy atom. The molecule has 2 rings (SSSR count). The molecule has 0 heterocycles. The minimum Gasteiger partial charge on any atom is -0.494 e. The molecule has 110 valence electrons. The van der Waals surface area contributed by atoms with Gasteiger partial charge in [0.1, 0.15) is 11.6 Å². The van der Waals surface area contributed by atoms with E-state index < -0.39 is 11.7 Å². The van der Waals surface area contributed by atoms with E-state index in [9.17, 15) is 9.18 Å². The lowest BCUT2D eigenvalue weighted by Crippen LogP contribution is -2.13. The molecule has 2 aromatic rings. The number of nitrogens with one attached hydrogen (secondary N) is 1. The van der Waals surface area contributed by atoms with E-state index >= 15 is 0 Å². The lowest BCUT2D eigenvalue weighted by atomic mass is 10.1.